The number of halogens is 1. The second-order valence-corrected chi connectivity index (χ2v) is 6.49. The topological polar surface area (TPSA) is 80.5 Å². The minimum Gasteiger partial charge on any atom is -0.497 e. The SMILES string of the molecule is COc1ccc(-c2cnc3c(Nc4ccc(NC(=O)CCl)cc4)nccn23)cc1. The molecule has 0 bridgehead atoms. The molecule has 8 heteroatoms. The molecule has 2 heterocycles. The molecule has 4 rings (SSSR count). The predicted octanol–water partition coefficient (Wildman–Crippen LogP) is 4.33. The van der Waals surface area contributed by atoms with E-state index >= 15 is 0 Å². The average molecular weight is 408 g/mol. The number of fused-ring (bicyclic) bond motifs is 1. The lowest BCUT2D eigenvalue weighted by atomic mass is 10.1. The highest BCUT2D eigenvalue weighted by Gasteiger charge is 2.11. The third kappa shape index (κ3) is 4.00. The number of nitrogens with zero attached hydrogens (tertiary/aromatic N) is 3. The summed E-state index contributed by atoms with van der Waals surface area (Å²) < 4.78 is 7.20. The van der Waals surface area contributed by atoms with Crippen molar-refractivity contribution in [1.29, 1.82) is 0 Å². The van der Waals surface area contributed by atoms with Gasteiger partial charge in [-0.2, -0.15) is 0 Å². The van der Waals surface area contributed by atoms with Crippen molar-refractivity contribution in [2.24, 2.45) is 0 Å². The van der Waals surface area contributed by atoms with Gasteiger partial charge in [-0.25, -0.2) is 9.97 Å². The largest absolute Gasteiger partial charge is 0.497 e. The van der Waals surface area contributed by atoms with Crippen LogP contribution in [0.2, 0.25) is 0 Å². The Hall–Kier alpha value is -3.58. The first-order chi connectivity index (χ1) is 14.2. The van der Waals surface area contributed by atoms with E-state index in [0.29, 0.717) is 17.2 Å². The summed E-state index contributed by atoms with van der Waals surface area (Å²) in [6.07, 6.45) is 5.41. The van der Waals surface area contributed by atoms with Gasteiger partial charge in [0.1, 0.15) is 11.6 Å². The van der Waals surface area contributed by atoms with Gasteiger partial charge in [-0.05, 0) is 48.5 Å². The first-order valence-electron chi connectivity index (χ1n) is 8.87. The second-order valence-electron chi connectivity index (χ2n) is 6.23. The van der Waals surface area contributed by atoms with E-state index in [0.717, 1.165) is 22.7 Å². The van der Waals surface area contributed by atoms with Gasteiger partial charge in [-0.1, -0.05) is 0 Å². The van der Waals surface area contributed by atoms with Gasteiger partial charge in [0.05, 0.1) is 19.0 Å². The molecule has 0 aliphatic heterocycles. The van der Waals surface area contributed by atoms with Gasteiger partial charge in [-0.15, -0.1) is 11.6 Å². The van der Waals surface area contributed by atoms with E-state index in [4.69, 9.17) is 16.3 Å². The van der Waals surface area contributed by atoms with E-state index in [1.807, 2.05) is 53.2 Å². The number of anilines is 3. The molecule has 2 aromatic carbocycles. The third-order valence-corrected chi connectivity index (χ3v) is 4.61. The van der Waals surface area contributed by atoms with E-state index < -0.39 is 0 Å². The second kappa shape index (κ2) is 8.20. The number of imidazole rings is 1. The Morgan fingerprint density at radius 3 is 2.48 bits per heavy atom. The van der Waals surface area contributed by atoms with Crippen molar-refractivity contribution in [3.8, 4) is 17.0 Å². The van der Waals surface area contributed by atoms with Crippen LogP contribution in [0.1, 0.15) is 0 Å². The number of nitrogens with one attached hydrogen (secondary N) is 2. The van der Waals surface area contributed by atoms with Crippen molar-refractivity contribution in [3.05, 3.63) is 67.1 Å². The maximum atomic E-state index is 11.4. The maximum absolute atomic E-state index is 11.4. The Bertz CT molecular complexity index is 1140. The molecule has 4 aromatic rings. The highest BCUT2D eigenvalue weighted by atomic mass is 35.5. The van der Waals surface area contributed by atoms with Gasteiger partial charge in [0.25, 0.3) is 0 Å². The molecule has 0 spiro atoms. The molecule has 0 radical (unpaired) electrons. The van der Waals surface area contributed by atoms with Crippen LogP contribution in [0, 0.1) is 0 Å². The van der Waals surface area contributed by atoms with E-state index in [1.165, 1.54) is 0 Å². The Kier molecular flexibility index (Phi) is 5.31. The van der Waals surface area contributed by atoms with Crippen LogP contribution in [0.3, 0.4) is 0 Å². The zero-order chi connectivity index (χ0) is 20.2. The van der Waals surface area contributed by atoms with Crippen LogP contribution in [0.25, 0.3) is 16.9 Å². The quantitative estimate of drug-likeness (QED) is 0.465. The fraction of sp³-hybridized carbons (Fsp3) is 0.0952. The molecule has 0 aliphatic carbocycles. The first-order valence-corrected chi connectivity index (χ1v) is 9.41. The van der Waals surface area contributed by atoms with E-state index in [1.54, 1.807) is 25.4 Å². The summed E-state index contributed by atoms with van der Waals surface area (Å²) in [7, 11) is 1.64. The first kappa shape index (κ1) is 18.8. The number of alkyl halides is 1. The number of aromatic nitrogens is 3. The van der Waals surface area contributed by atoms with Gasteiger partial charge in [-0.3, -0.25) is 9.20 Å². The predicted molar refractivity (Wildman–Crippen MR) is 114 cm³/mol. The number of carbonyl (C=O) groups excluding carboxylic acids is 1. The van der Waals surface area contributed by atoms with Crippen LogP contribution in [-0.4, -0.2) is 33.3 Å². The third-order valence-electron chi connectivity index (χ3n) is 4.37. The minimum absolute atomic E-state index is 0.0810. The van der Waals surface area contributed by atoms with Gasteiger partial charge in [0.15, 0.2) is 11.5 Å². The van der Waals surface area contributed by atoms with Crippen LogP contribution >= 0.6 is 11.6 Å². The lowest BCUT2D eigenvalue weighted by Gasteiger charge is -2.09. The van der Waals surface area contributed by atoms with E-state index in [9.17, 15) is 4.79 Å². The van der Waals surface area contributed by atoms with Gasteiger partial charge < -0.3 is 15.4 Å². The monoisotopic (exact) mass is 407 g/mol. The molecule has 0 aliphatic rings. The van der Waals surface area contributed by atoms with Crippen molar-refractivity contribution >= 4 is 40.3 Å². The molecule has 146 valence electrons. The molecule has 0 saturated heterocycles. The van der Waals surface area contributed by atoms with Gasteiger partial charge in [0, 0.05) is 29.3 Å². The summed E-state index contributed by atoms with van der Waals surface area (Å²) >= 11 is 5.51. The van der Waals surface area contributed by atoms with Crippen LogP contribution in [0.5, 0.6) is 5.75 Å². The number of rotatable bonds is 6. The summed E-state index contributed by atoms with van der Waals surface area (Å²) in [5.41, 5.74) is 4.18. The molecule has 2 N–H and O–H groups in total. The highest BCUT2D eigenvalue weighted by Crippen LogP contribution is 2.27. The summed E-state index contributed by atoms with van der Waals surface area (Å²) in [6, 6.07) is 15.1. The highest BCUT2D eigenvalue weighted by molar-refractivity contribution is 6.29. The van der Waals surface area contributed by atoms with E-state index in [2.05, 4.69) is 20.6 Å². The van der Waals surface area contributed by atoms with Crippen molar-refractivity contribution in [1.82, 2.24) is 14.4 Å². The van der Waals surface area contributed by atoms with Crippen LogP contribution in [0.15, 0.2) is 67.1 Å². The molecular weight excluding hydrogens is 390 g/mol. The Morgan fingerprint density at radius 1 is 1.07 bits per heavy atom. The molecule has 0 fully saturated rings. The zero-order valence-electron chi connectivity index (χ0n) is 15.6. The fourth-order valence-electron chi connectivity index (χ4n) is 2.95. The fourth-order valence-corrected chi connectivity index (χ4v) is 3.02. The number of amides is 1. The summed E-state index contributed by atoms with van der Waals surface area (Å²) in [5, 5.41) is 5.97. The van der Waals surface area contributed by atoms with Gasteiger partial charge >= 0.3 is 0 Å². The van der Waals surface area contributed by atoms with Crippen LogP contribution in [-0.2, 0) is 4.79 Å². The Balaban J connectivity index is 1.60. The van der Waals surface area contributed by atoms with Crippen LogP contribution in [0.4, 0.5) is 17.2 Å². The molecule has 29 heavy (non-hydrogen) atoms. The zero-order valence-corrected chi connectivity index (χ0v) is 16.3. The van der Waals surface area contributed by atoms with Crippen molar-refractivity contribution < 1.29 is 9.53 Å². The van der Waals surface area contributed by atoms with Gasteiger partial charge in [0.2, 0.25) is 5.91 Å². The van der Waals surface area contributed by atoms with Crippen molar-refractivity contribution in [2.75, 3.05) is 23.6 Å². The molecule has 1 amide bonds. The molecule has 7 nitrogen and oxygen atoms in total. The minimum atomic E-state index is -0.248. The lowest BCUT2D eigenvalue weighted by Crippen LogP contribution is -2.12. The normalized spacial score (nSPS) is 10.7. The van der Waals surface area contributed by atoms with E-state index in [-0.39, 0.29) is 11.8 Å². The molecule has 0 atom stereocenters. The molecule has 0 saturated carbocycles. The smallest absolute Gasteiger partial charge is 0.239 e. The number of ether oxygens (including phenoxy) is 1. The van der Waals surface area contributed by atoms with Crippen molar-refractivity contribution in [2.45, 2.75) is 0 Å². The number of carbonyl (C=O) groups is 1. The lowest BCUT2D eigenvalue weighted by molar-refractivity contribution is -0.113. The summed E-state index contributed by atoms with van der Waals surface area (Å²) in [5.74, 6) is 1.10. The number of benzene rings is 2. The Morgan fingerprint density at radius 2 is 1.79 bits per heavy atom. The molecule has 0 unspecified atom stereocenters. The maximum Gasteiger partial charge on any atom is 0.239 e. The number of methoxy groups -OCH3 is 1. The molecular formula is C21H18ClN5O2. The molecule has 2 aromatic heterocycles. The standard InChI is InChI=1S/C21H18ClN5O2/c1-29-17-8-2-14(3-9-17)18-13-24-21-20(23-10-11-27(18)21)26-16-6-4-15(5-7-16)25-19(28)12-22/h2-11,13H,12H2,1H3,(H,23,26)(H,25,28). The Labute approximate surface area is 172 Å². The number of hydrogen-bond donors (Lipinski definition) is 2. The van der Waals surface area contributed by atoms with Crippen molar-refractivity contribution in [3.63, 3.8) is 0 Å². The summed E-state index contributed by atoms with van der Waals surface area (Å²) in [6.45, 7) is 0. The average Bonchev–Trinajstić information content (AvgIpc) is 3.20. The summed E-state index contributed by atoms with van der Waals surface area (Å²) in [4.78, 5) is 20.3. The number of hydrogen-bond acceptors (Lipinski definition) is 5. The van der Waals surface area contributed by atoms with Crippen LogP contribution < -0.4 is 15.4 Å².